The number of allylic oxidation sites excluding steroid dienone is 2. The minimum absolute atomic E-state index is 0.130. The van der Waals surface area contributed by atoms with Gasteiger partial charge in [-0.2, -0.15) is 0 Å². The molecule has 0 unspecified atom stereocenters. The molecule has 0 saturated carbocycles. The number of rotatable bonds is 6. The molecule has 0 aliphatic carbocycles. The molecular weight excluding hydrogens is 484 g/mol. The van der Waals surface area contributed by atoms with Gasteiger partial charge in [0.25, 0.3) is 0 Å². The van der Waals surface area contributed by atoms with Gasteiger partial charge in [-0.1, -0.05) is 60.7 Å². The minimum atomic E-state index is -0.823. The van der Waals surface area contributed by atoms with Crippen molar-refractivity contribution in [2.24, 2.45) is 0 Å². The van der Waals surface area contributed by atoms with Gasteiger partial charge in [0.2, 0.25) is 0 Å². The summed E-state index contributed by atoms with van der Waals surface area (Å²) in [7, 11) is 0. The molecule has 2 aromatic carbocycles. The van der Waals surface area contributed by atoms with Gasteiger partial charge in [0, 0.05) is 29.2 Å². The molecule has 0 saturated heterocycles. The molecule has 4 heterocycles. The van der Waals surface area contributed by atoms with Gasteiger partial charge in [-0.15, -0.1) is 0 Å². The van der Waals surface area contributed by atoms with Gasteiger partial charge in [-0.3, -0.25) is 14.8 Å². The second-order valence-electron chi connectivity index (χ2n) is 9.27. The van der Waals surface area contributed by atoms with Crippen molar-refractivity contribution < 1.29 is 9.90 Å². The van der Waals surface area contributed by atoms with Gasteiger partial charge in [-0.25, -0.2) is 9.97 Å². The van der Waals surface area contributed by atoms with Crippen molar-refractivity contribution in [1.82, 2.24) is 19.9 Å². The van der Waals surface area contributed by atoms with E-state index in [0.29, 0.717) is 34.2 Å². The molecule has 6 nitrogen and oxygen atoms in total. The molecule has 4 aromatic heterocycles. The summed E-state index contributed by atoms with van der Waals surface area (Å²) < 4.78 is 0. The number of pyridine rings is 4. The largest absolute Gasteiger partial charge is 0.511 e. The molecule has 1 N–H and O–H groups in total. The maximum atomic E-state index is 12.2. The van der Waals surface area contributed by atoms with E-state index in [9.17, 15) is 9.90 Å². The molecule has 6 aromatic rings. The first-order valence-electron chi connectivity index (χ1n) is 12.6. The Morgan fingerprint density at radius 1 is 0.667 bits per heavy atom. The summed E-state index contributed by atoms with van der Waals surface area (Å²) in [5, 5.41) is 15.1. The zero-order valence-corrected chi connectivity index (χ0v) is 21.2. The number of carbonyl (C=O) groups is 1. The number of fused-ring (bicyclic) bond motifs is 2. The SMILES string of the molecule is CC(=O)C=C(O)C(c1nc(-c2ccccn2)cc2ccccc12)c1nc(-c2ccccn2)cc2ccccc12. The van der Waals surface area contributed by atoms with Crippen LogP contribution in [0.1, 0.15) is 24.2 Å². The lowest BCUT2D eigenvalue weighted by Gasteiger charge is -2.21. The zero-order chi connectivity index (χ0) is 26.8. The van der Waals surface area contributed by atoms with Gasteiger partial charge in [0.05, 0.1) is 34.2 Å². The van der Waals surface area contributed by atoms with Crippen LogP contribution in [-0.2, 0) is 4.79 Å². The summed E-state index contributed by atoms with van der Waals surface area (Å²) in [5.74, 6) is -1.22. The highest BCUT2D eigenvalue weighted by Gasteiger charge is 2.28. The van der Waals surface area contributed by atoms with Crippen LogP contribution in [0.2, 0.25) is 0 Å². The molecule has 0 fully saturated rings. The van der Waals surface area contributed by atoms with Crippen molar-refractivity contribution in [3.63, 3.8) is 0 Å². The molecule has 0 atom stereocenters. The summed E-state index contributed by atoms with van der Waals surface area (Å²) in [4.78, 5) is 31.4. The van der Waals surface area contributed by atoms with Crippen LogP contribution in [0.4, 0.5) is 0 Å². The number of aliphatic hydroxyl groups excluding tert-OH is 1. The summed E-state index contributed by atoms with van der Waals surface area (Å²) in [6.07, 6.45) is 4.70. The van der Waals surface area contributed by atoms with Crippen LogP contribution in [-0.4, -0.2) is 30.8 Å². The number of hydrogen-bond donors (Lipinski definition) is 1. The van der Waals surface area contributed by atoms with Crippen LogP contribution in [0.5, 0.6) is 0 Å². The van der Waals surface area contributed by atoms with E-state index < -0.39 is 5.92 Å². The Bertz CT molecular complexity index is 1730. The average molecular weight is 509 g/mol. The maximum Gasteiger partial charge on any atom is 0.155 e. The standard InChI is InChI=1S/C33H24N4O2/c1-21(38)18-30(39)31(32-24-12-4-2-10-22(24)19-28(36-32)26-14-6-8-16-34-26)33-25-13-5-3-11-23(25)20-29(37-33)27-15-7-9-17-35-27/h2-20,31,39H,1H3. The van der Waals surface area contributed by atoms with E-state index in [1.807, 2.05) is 97.1 Å². The van der Waals surface area contributed by atoms with Gasteiger partial charge in [-0.05, 0) is 54.1 Å². The average Bonchev–Trinajstić information content (AvgIpc) is 2.97. The quantitative estimate of drug-likeness (QED) is 0.191. The van der Waals surface area contributed by atoms with E-state index >= 15 is 0 Å². The summed E-state index contributed by atoms with van der Waals surface area (Å²) >= 11 is 0. The Morgan fingerprint density at radius 2 is 1.13 bits per heavy atom. The number of ketones is 1. The van der Waals surface area contributed by atoms with Gasteiger partial charge in [0.15, 0.2) is 5.78 Å². The van der Waals surface area contributed by atoms with Crippen LogP contribution in [0.25, 0.3) is 44.3 Å². The fourth-order valence-electron chi connectivity index (χ4n) is 4.88. The molecule has 39 heavy (non-hydrogen) atoms. The molecule has 0 radical (unpaired) electrons. The smallest absolute Gasteiger partial charge is 0.155 e. The summed E-state index contributed by atoms with van der Waals surface area (Å²) in [6, 6.07) is 31.1. The van der Waals surface area contributed by atoms with E-state index in [1.165, 1.54) is 13.0 Å². The third-order valence-corrected chi connectivity index (χ3v) is 6.59. The van der Waals surface area contributed by atoms with Crippen LogP contribution >= 0.6 is 0 Å². The van der Waals surface area contributed by atoms with E-state index in [1.54, 1.807) is 12.4 Å². The lowest BCUT2D eigenvalue weighted by molar-refractivity contribution is -0.112. The first-order chi connectivity index (χ1) is 19.1. The lowest BCUT2D eigenvalue weighted by Crippen LogP contribution is -2.12. The van der Waals surface area contributed by atoms with E-state index in [0.717, 1.165) is 21.5 Å². The molecule has 0 bridgehead atoms. The Balaban J connectivity index is 1.70. The highest BCUT2D eigenvalue weighted by molar-refractivity contribution is 5.93. The molecule has 6 heteroatoms. The van der Waals surface area contributed by atoms with Crippen LogP contribution in [0, 0.1) is 0 Å². The topological polar surface area (TPSA) is 88.9 Å². The molecule has 0 spiro atoms. The molecule has 0 aliphatic rings. The van der Waals surface area contributed by atoms with Crippen LogP contribution in [0.15, 0.2) is 121 Å². The Hall–Kier alpha value is -5.23. The number of carbonyl (C=O) groups excluding carboxylic acids is 1. The second kappa shape index (κ2) is 10.3. The van der Waals surface area contributed by atoms with Crippen molar-refractivity contribution in [3.05, 3.63) is 133 Å². The second-order valence-corrected chi connectivity index (χ2v) is 9.27. The Kier molecular flexibility index (Phi) is 6.35. The first kappa shape index (κ1) is 24.1. The molecule has 188 valence electrons. The van der Waals surface area contributed by atoms with Crippen molar-refractivity contribution in [2.45, 2.75) is 12.8 Å². The third-order valence-electron chi connectivity index (χ3n) is 6.59. The predicted octanol–water partition coefficient (Wildman–Crippen LogP) is 7.07. The molecular formula is C33H24N4O2. The number of nitrogens with zero attached hydrogens (tertiary/aromatic N) is 4. The third kappa shape index (κ3) is 4.76. The fourth-order valence-corrected chi connectivity index (χ4v) is 4.88. The number of benzene rings is 2. The van der Waals surface area contributed by atoms with Gasteiger partial charge in [0.1, 0.15) is 11.7 Å². The summed E-state index contributed by atoms with van der Waals surface area (Å²) in [5.41, 5.74) is 3.90. The van der Waals surface area contributed by atoms with Crippen LogP contribution < -0.4 is 0 Å². The van der Waals surface area contributed by atoms with Crippen molar-refractivity contribution >= 4 is 27.3 Å². The van der Waals surface area contributed by atoms with Crippen molar-refractivity contribution in [2.75, 3.05) is 0 Å². The summed E-state index contributed by atoms with van der Waals surface area (Å²) in [6.45, 7) is 1.42. The number of aromatic nitrogens is 4. The Morgan fingerprint density at radius 3 is 1.56 bits per heavy atom. The van der Waals surface area contributed by atoms with E-state index in [-0.39, 0.29) is 11.5 Å². The highest BCUT2D eigenvalue weighted by Crippen LogP contribution is 2.39. The van der Waals surface area contributed by atoms with Crippen molar-refractivity contribution in [3.8, 4) is 22.8 Å². The van der Waals surface area contributed by atoms with Crippen molar-refractivity contribution in [1.29, 1.82) is 0 Å². The van der Waals surface area contributed by atoms with Crippen LogP contribution in [0.3, 0.4) is 0 Å². The normalized spacial score (nSPS) is 11.8. The fraction of sp³-hybridized carbons (Fsp3) is 0.0606. The van der Waals surface area contributed by atoms with Gasteiger partial charge < -0.3 is 5.11 Å². The van der Waals surface area contributed by atoms with Gasteiger partial charge >= 0.3 is 0 Å². The zero-order valence-electron chi connectivity index (χ0n) is 21.2. The first-order valence-corrected chi connectivity index (χ1v) is 12.6. The van der Waals surface area contributed by atoms with E-state index in [2.05, 4.69) is 9.97 Å². The predicted molar refractivity (Wildman–Crippen MR) is 153 cm³/mol. The molecule has 0 amide bonds. The lowest BCUT2D eigenvalue weighted by atomic mass is 9.89. The maximum absolute atomic E-state index is 12.2. The monoisotopic (exact) mass is 508 g/mol. The number of aliphatic hydroxyl groups is 1. The Labute approximate surface area is 225 Å². The molecule has 0 aliphatic heterocycles. The molecule has 6 rings (SSSR count). The minimum Gasteiger partial charge on any atom is -0.511 e. The highest BCUT2D eigenvalue weighted by atomic mass is 16.3. The van der Waals surface area contributed by atoms with E-state index in [4.69, 9.17) is 9.97 Å². The number of hydrogen-bond acceptors (Lipinski definition) is 6.